The highest BCUT2D eigenvalue weighted by atomic mass is 79.9. The first-order valence-corrected chi connectivity index (χ1v) is 9.24. The zero-order valence-corrected chi connectivity index (χ0v) is 15.4. The second kappa shape index (κ2) is 7.51. The molecule has 2 aromatic rings. The van der Waals surface area contributed by atoms with Crippen molar-refractivity contribution >= 4 is 33.6 Å². The second-order valence-electron chi connectivity index (χ2n) is 5.36. The molecule has 23 heavy (non-hydrogen) atoms. The van der Waals surface area contributed by atoms with Crippen LogP contribution in [0.4, 0.5) is 5.95 Å². The van der Waals surface area contributed by atoms with E-state index < -0.39 is 0 Å². The molecule has 0 aliphatic carbocycles. The van der Waals surface area contributed by atoms with Crippen molar-refractivity contribution < 1.29 is 4.74 Å². The van der Waals surface area contributed by atoms with E-state index in [4.69, 9.17) is 4.74 Å². The number of anilines is 1. The minimum atomic E-state index is 0.724. The first-order valence-electron chi connectivity index (χ1n) is 7.46. The van der Waals surface area contributed by atoms with Gasteiger partial charge in [-0.05, 0) is 29.1 Å². The Bertz CT molecular complexity index is 697. The fourth-order valence-corrected chi connectivity index (χ4v) is 3.50. The Balaban J connectivity index is 2.00. The Morgan fingerprint density at radius 3 is 2.83 bits per heavy atom. The molecule has 1 aliphatic rings. The van der Waals surface area contributed by atoms with Crippen molar-refractivity contribution in [2.75, 3.05) is 37.0 Å². The number of halogens is 1. The predicted molar refractivity (Wildman–Crippen MR) is 97.9 cm³/mol. The maximum Gasteiger partial charge on any atom is 0.232 e. The summed E-state index contributed by atoms with van der Waals surface area (Å²) in [5, 5.41) is 9.72. The standard InChI is InChI=1S/C16H19BrN4OS/c1-12-4-3-5-14(10-12)21-15(20-6-8-22-9-7-20)18-19-16(21)23-11-13(2)17/h3-5,10H,2,6-9,11H2,1H3. The van der Waals surface area contributed by atoms with E-state index in [-0.39, 0.29) is 0 Å². The van der Waals surface area contributed by atoms with Crippen molar-refractivity contribution in [3.63, 3.8) is 0 Å². The van der Waals surface area contributed by atoms with Crippen LogP contribution in [0.25, 0.3) is 5.69 Å². The van der Waals surface area contributed by atoms with Gasteiger partial charge in [0.25, 0.3) is 0 Å². The molecule has 0 radical (unpaired) electrons. The number of ether oxygens (including phenoxy) is 1. The van der Waals surface area contributed by atoms with Crippen molar-refractivity contribution in [1.29, 1.82) is 0 Å². The van der Waals surface area contributed by atoms with Gasteiger partial charge >= 0.3 is 0 Å². The Hall–Kier alpha value is -1.31. The smallest absolute Gasteiger partial charge is 0.232 e. The summed E-state index contributed by atoms with van der Waals surface area (Å²) in [5.41, 5.74) is 2.30. The molecule has 0 spiro atoms. The molecule has 1 aliphatic heterocycles. The van der Waals surface area contributed by atoms with Crippen molar-refractivity contribution in [3.8, 4) is 5.69 Å². The van der Waals surface area contributed by atoms with E-state index in [0.717, 1.165) is 53.3 Å². The van der Waals surface area contributed by atoms with Crippen LogP contribution in [-0.4, -0.2) is 46.8 Å². The summed E-state index contributed by atoms with van der Waals surface area (Å²) in [6.45, 7) is 9.10. The number of aromatic nitrogens is 3. The van der Waals surface area contributed by atoms with E-state index >= 15 is 0 Å². The monoisotopic (exact) mass is 394 g/mol. The molecule has 0 atom stereocenters. The SMILES string of the molecule is C=C(Br)CSc1nnc(N2CCOCC2)n1-c1cccc(C)c1. The molecule has 0 N–H and O–H groups in total. The number of hydrogen-bond donors (Lipinski definition) is 0. The highest BCUT2D eigenvalue weighted by molar-refractivity contribution is 9.11. The van der Waals surface area contributed by atoms with Gasteiger partial charge in [0, 0.05) is 18.8 Å². The Morgan fingerprint density at radius 2 is 2.13 bits per heavy atom. The molecule has 7 heteroatoms. The topological polar surface area (TPSA) is 43.2 Å². The summed E-state index contributed by atoms with van der Waals surface area (Å²) in [7, 11) is 0. The van der Waals surface area contributed by atoms with E-state index in [1.165, 1.54) is 5.56 Å². The fourth-order valence-electron chi connectivity index (χ4n) is 2.46. The van der Waals surface area contributed by atoms with E-state index in [1.807, 2.05) is 0 Å². The molecular formula is C16H19BrN4OS. The summed E-state index contributed by atoms with van der Waals surface area (Å²) in [6, 6.07) is 8.40. The lowest BCUT2D eigenvalue weighted by atomic mass is 10.2. The summed E-state index contributed by atoms with van der Waals surface area (Å²) in [6.07, 6.45) is 0. The molecule has 3 rings (SSSR count). The molecule has 1 saturated heterocycles. The Kier molecular flexibility index (Phi) is 5.40. The number of benzene rings is 1. The highest BCUT2D eigenvalue weighted by Gasteiger charge is 2.21. The summed E-state index contributed by atoms with van der Waals surface area (Å²) < 4.78 is 8.51. The van der Waals surface area contributed by atoms with Crippen LogP contribution in [0.15, 0.2) is 40.5 Å². The number of aryl methyl sites for hydroxylation is 1. The highest BCUT2D eigenvalue weighted by Crippen LogP contribution is 2.29. The minimum Gasteiger partial charge on any atom is -0.378 e. The minimum absolute atomic E-state index is 0.724. The van der Waals surface area contributed by atoms with Crippen molar-refractivity contribution in [2.45, 2.75) is 12.1 Å². The number of nitrogens with zero attached hydrogens (tertiary/aromatic N) is 4. The predicted octanol–water partition coefficient (Wildman–Crippen LogP) is 3.41. The number of thioether (sulfide) groups is 1. The molecule has 122 valence electrons. The maximum absolute atomic E-state index is 5.45. The molecule has 0 saturated carbocycles. The lowest BCUT2D eigenvalue weighted by Gasteiger charge is -2.28. The lowest BCUT2D eigenvalue weighted by molar-refractivity contribution is 0.122. The molecule has 2 heterocycles. The summed E-state index contributed by atoms with van der Waals surface area (Å²) in [4.78, 5) is 2.23. The quantitative estimate of drug-likeness (QED) is 0.726. The van der Waals surface area contributed by atoms with Gasteiger partial charge in [-0.1, -0.05) is 46.4 Å². The average molecular weight is 395 g/mol. The first kappa shape index (κ1) is 16.5. The molecule has 0 unspecified atom stereocenters. The largest absolute Gasteiger partial charge is 0.378 e. The van der Waals surface area contributed by atoms with Crippen LogP contribution in [0.3, 0.4) is 0 Å². The van der Waals surface area contributed by atoms with Crippen LogP contribution in [-0.2, 0) is 4.74 Å². The zero-order valence-electron chi connectivity index (χ0n) is 13.0. The molecule has 1 fully saturated rings. The third-order valence-corrected chi connectivity index (χ3v) is 5.19. The number of hydrogen-bond acceptors (Lipinski definition) is 5. The van der Waals surface area contributed by atoms with Crippen LogP contribution in [0.5, 0.6) is 0 Å². The van der Waals surface area contributed by atoms with Gasteiger partial charge in [-0.25, -0.2) is 0 Å². The third kappa shape index (κ3) is 3.97. The van der Waals surface area contributed by atoms with E-state index in [2.05, 4.69) is 73.4 Å². The number of morpholine rings is 1. The van der Waals surface area contributed by atoms with Gasteiger partial charge in [0.2, 0.25) is 5.95 Å². The third-order valence-electron chi connectivity index (χ3n) is 3.53. The summed E-state index contributed by atoms with van der Waals surface area (Å²) in [5.74, 6) is 1.63. The maximum atomic E-state index is 5.45. The van der Waals surface area contributed by atoms with Crippen molar-refractivity contribution in [1.82, 2.24) is 14.8 Å². The van der Waals surface area contributed by atoms with Crippen LogP contribution in [0.1, 0.15) is 5.56 Å². The zero-order chi connectivity index (χ0) is 16.2. The van der Waals surface area contributed by atoms with Gasteiger partial charge in [0.05, 0.1) is 18.9 Å². The fraction of sp³-hybridized carbons (Fsp3) is 0.375. The van der Waals surface area contributed by atoms with Crippen molar-refractivity contribution in [2.24, 2.45) is 0 Å². The van der Waals surface area contributed by atoms with Gasteiger partial charge in [-0.3, -0.25) is 4.57 Å². The molecule has 5 nitrogen and oxygen atoms in total. The number of rotatable bonds is 5. The second-order valence-corrected chi connectivity index (χ2v) is 7.43. The summed E-state index contributed by atoms with van der Waals surface area (Å²) >= 11 is 5.03. The van der Waals surface area contributed by atoms with Gasteiger partial charge in [-0.2, -0.15) is 0 Å². The first-order chi connectivity index (χ1) is 11.1. The van der Waals surface area contributed by atoms with E-state index in [1.54, 1.807) is 11.8 Å². The lowest BCUT2D eigenvalue weighted by Crippen LogP contribution is -2.37. The van der Waals surface area contributed by atoms with E-state index in [9.17, 15) is 0 Å². The normalized spacial score (nSPS) is 15.0. The molecule has 0 amide bonds. The Labute approximate surface area is 148 Å². The van der Waals surface area contributed by atoms with Crippen molar-refractivity contribution in [3.05, 3.63) is 40.9 Å². The van der Waals surface area contributed by atoms with Gasteiger partial charge in [0.1, 0.15) is 0 Å². The van der Waals surface area contributed by atoms with Crippen LogP contribution in [0.2, 0.25) is 0 Å². The molecule has 0 bridgehead atoms. The van der Waals surface area contributed by atoms with Crippen LogP contribution < -0.4 is 4.90 Å². The van der Waals surface area contributed by atoms with Crippen LogP contribution in [0, 0.1) is 6.92 Å². The Morgan fingerprint density at radius 1 is 1.35 bits per heavy atom. The van der Waals surface area contributed by atoms with Gasteiger partial charge in [-0.15, -0.1) is 10.2 Å². The van der Waals surface area contributed by atoms with Crippen LogP contribution >= 0.6 is 27.7 Å². The molecule has 1 aromatic carbocycles. The average Bonchev–Trinajstić information content (AvgIpc) is 2.97. The molecule has 1 aromatic heterocycles. The molecular weight excluding hydrogens is 376 g/mol. The van der Waals surface area contributed by atoms with Gasteiger partial charge in [0.15, 0.2) is 5.16 Å². The van der Waals surface area contributed by atoms with Gasteiger partial charge < -0.3 is 9.64 Å². The van der Waals surface area contributed by atoms with E-state index in [0.29, 0.717) is 0 Å².